The number of ether oxygens (including phenoxy) is 1. The van der Waals surface area contributed by atoms with E-state index in [1.807, 2.05) is 12.1 Å². The van der Waals surface area contributed by atoms with Gasteiger partial charge in [-0.1, -0.05) is 29.3 Å². The summed E-state index contributed by atoms with van der Waals surface area (Å²) < 4.78 is 8.25. The van der Waals surface area contributed by atoms with Gasteiger partial charge in [0.05, 0.1) is 35.0 Å². The van der Waals surface area contributed by atoms with E-state index < -0.39 is 5.91 Å². The molecule has 0 aliphatic carbocycles. The van der Waals surface area contributed by atoms with Crippen molar-refractivity contribution in [3.05, 3.63) is 51.0 Å². The monoisotopic (exact) mass is 500 g/mol. The topological polar surface area (TPSA) is 88.8 Å². The number of nitrogens with two attached hydrogens (primary N) is 1. The zero-order valence-electron chi connectivity index (χ0n) is 16.8. The van der Waals surface area contributed by atoms with E-state index in [1.54, 1.807) is 21.8 Å². The normalized spacial score (nSPS) is 17.2. The van der Waals surface area contributed by atoms with Gasteiger partial charge in [0.15, 0.2) is 4.34 Å². The summed E-state index contributed by atoms with van der Waals surface area (Å²) in [7, 11) is 0. The number of rotatable bonds is 8. The van der Waals surface area contributed by atoms with Crippen molar-refractivity contribution in [2.75, 3.05) is 26.2 Å². The van der Waals surface area contributed by atoms with Crippen molar-refractivity contribution in [2.24, 2.45) is 5.73 Å². The predicted molar refractivity (Wildman–Crippen MR) is 125 cm³/mol. The summed E-state index contributed by atoms with van der Waals surface area (Å²) in [6.07, 6.45) is 2.68. The van der Waals surface area contributed by atoms with Crippen LogP contribution in [-0.2, 0) is 20.9 Å². The van der Waals surface area contributed by atoms with Crippen LogP contribution in [0, 0.1) is 0 Å². The minimum absolute atomic E-state index is 0.0837. The van der Waals surface area contributed by atoms with Crippen molar-refractivity contribution >= 4 is 64.4 Å². The quantitative estimate of drug-likeness (QED) is 0.438. The van der Waals surface area contributed by atoms with E-state index in [0.29, 0.717) is 39.8 Å². The molecule has 0 bridgehead atoms. The highest BCUT2D eigenvalue weighted by Crippen LogP contribution is 2.28. The summed E-state index contributed by atoms with van der Waals surface area (Å²) in [5, 5.41) is 2.88. The molecule has 0 spiro atoms. The molecule has 1 atom stereocenters. The summed E-state index contributed by atoms with van der Waals surface area (Å²) in [6, 6.07) is 5.63. The van der Waals surface area contributed by atoms with Crippen LogP contribution in [0.25, 0.3) is 6.08 Å². The number of halogens is 2. The smallest absolute Gasteiger partial charge is 0.241 e. The molecule has 31 heavy (non-hydrogen) atoms. The molecule has 2 heterocycles. The predicted octanol–water partition coefficient (Wildman–Crippen LogP) is 3.71. The lowest BCUT2D eigenvalue weighted by Crippen LogP contribution is -2.46. The van der Waals surface area contributed by atoms with Gasteiger partial charge in [0.25, 0.3) is 0 Å². The minimum atomic E-state index is -0.535. The van der Waals surface area contributed by atoms with Crippen molar-refractivity contribution in [3.8, 4) is 0 Å². The fourth-order valence-electron chi connectivity index (χ4n) is 2.99. The van der Waals surface area contributed by atoms with Crippen LogP contribution in [0.3, 0.4) is 0 Å². The second-order valence-electron chi connectivity index (χ2n) is 6.92. The van der Waals surface area contributed by atoms with Gasteiger partial charge in [0, 0.05) is 50.0 Å². The van der Waals surface area contributed by atoms with Gasteiger partial charge in [-0.3, -0.25) is 18.8 Å². The molecule has 11 heteroatoms. The zero-order valence-corrected chi connectivity index (χ0v) is 19.9. The molecule has 0 saturated carbocycles. The van der Waals surface area contributed by atoms with Crippen molar-refractivity contribution in [1.82, 2.24) is 14.2 Å². The number of morpholine rings is 1. The maximum atomic E-state index is 12.2. The van der Waals surface area contributed by atoms with Crippen LogP contribution in [0.1, 0.15) is 18.2 Å². The van der Waals surface area contributed by atoms with Gasteiger partial charge < -0.3 is 10.5 Å². The fourth-order valence-corrected chi connectivity index (χ4v) is 5.12. The van der Waals surface area contributed by atoms with Crippen LogP contribution in [0.4, 0.5) is 0 Å². The Balaban J connectivity index is 1.58. The first-order valence-corrected chi connectivity index (χ1v) is 11.9. The van der Waals surface area contributed by atoms with Gasteiger partial charge in [-0.25, -0.2) is 4.98 Å². The van der Waals surface area contributed by atoms with Crippen molar-refractivity contribution in [3.63, 3.8) is 0 Å². The van der Waals surface area contributed by atoms with Crippen molar-refractivity contribution in [1.29, 1.82) is 0 Å². The second-order valence-corrected chi connectivity index (χ2v) is 9.86. The number of nitrogens with zero attached hydrogens (tertiary/aromatic N) is 3. The van der Waals surface area contributed by atoms with Crippen LogP contribution in [0.15, 0.2) is 34.0 Å². The molecule has 0 unspecified atom stereocenters. The Kier molecular flexibility index (Phi) is 8.76. The van der Waals surface area contributed by atoms with E-state index in [-0.39, 0.29) is 12.0 Å². The number of aromatic nitrogens is 1. The highest BCUT2D eigenvalue weighted by Gasteiger charge is 2.25. The molecule has 3 rings (SSSR count). The summed E-state index contributed by atoms with van der Waals surface area (Å²) in [4.78, 5) is 29.7. The molecular formula is C20H22Cl2N4O3S2. The fraction of sp³-hybridized carbons (Fsp3) is 0.350. The lowest BCUT2D eigenvalue weighted by atomic mass is 10.2. The van der Waals surface area contributed by atoms with Crippen LogP contribution < -0.4 is 5.73 Å². The molecule has 166 valence electrons. The number of amides is 2. The first-order chi connectivity index (χ1) is 14.8. The number of carbonyl (C=O) groups excluding carboxylic acids is 2. The van der Waals surface area contributed by atoms with Gasteiger partial charge in [0.1, 0.15) is 0 Å². The molecule has 1 fully saturated rings. The third-order valence-electron chi connectivity index (χ3n) is 4.44. The van der Waals surface area contributed by atoms with Gasteiger partial charge in [-0.05, 0) is 23.8 Å². The van der Waals surface area contributed by atoms with Gasteiger partial charge in [-0.2, -0.15) is 0 Å². The molecule has 1 aliphatic heterocycles. The minimum Gasteiger partial charge on any atom is -0.374 e. The average Bonchev–Trinajstić information content (AvgIpc) is 3.16. The number of thiazole rings is 1. The van der Waals surface area contributed by atoms with E-state index in [0.717, 1.165) is 18.7 Å². The highest BCUT2D eigenvalue weighted by molar-refractivity contribution is 7.99. The van der Waals surface area contributed by atoms with Crippen LogP contribution in [0.2, 0.25) is 10.0 Å². The Morgan fingerprint density at radius 2 is 2.23 bits per heavy atom. The molecule has 7 nitrogen and oxygen atoms in total. The SMILES string of the molecule is CC(=O)N(C[C@@H]1CN(Cc2ccc(Cl)c(Cl)c2)CCO1)Sc1nc(C=CC(N)=O)cs1. The Hall–Kier alpha value is -1.62. The van der Waals surface area contributed by atoms with E-state index in [9.17, 15) is 9.59 Å². The maximum Gasteiger partial charge on any atom is 0.241 e. The van der Waals surface area contributed by atoms with E-state index in [2.05, 4.69) is 9.88 Å². The van der Waals surface area contributed by atoms with Crippen LogP contribution in [-0.4, -0.2) is 58.3 Å². The third-order valence-corrected chi connectivity index (χ3v) is 7.22. The Morgan fingerprint density at radius 1 is 1.42 bits per heavy atom. The number of hydrogen-bond donors (Lipinski definition) is 1. The molecule has 1 aromatic heterocycles. The lowest BCUT2D eigenvalue weighted by molar-refractivity contribution is -0.126. The third kappa shape index (κ3) is 7.48. The molecule has 0 radical (unpaired) electrons. The standard InChI is InChI=1S/C20H22Cl2N4O3S2/c1-13(27)26(31-20-24-15(12-30-20)3-5-19(23)28)11-16-10-25(6-7-29-16)9-14-2-4-17(21)18(22)8-14/h2-5,8,12,16H,6-7,9-11H2,1H3,(H2,23,28)/t16-/m0/s1. The number of primary amides is 1. The Morgan fingerprint density at radius 3 is 2.94 bits per heavy atom. The maximum absolute atomic E-state index is 12.2. The molecular weight excluding hydrogens is 479 g/mol. The van der Waals surface area contributed by atoms with E-state index in [4.69, 9.17) is 33.7 Å². The molecule has 2 aromatic rings. The molecule has 2 amide bonds. The summed E-state index contributed by atoms with van der Waals surface area (Å²) in [5.41, 5.74) is 6.80. The molecule has 2 N–H and O–H groups in total. The number of benzene rings is 1. The first kappa shape index (κ1) is 24.0. The molecule has 1 saturated heterocycles. The number of hydrogen-bond acceptors (Lipinski definition) is 7. The molecule has 1 aromatic carbocycles. The number of carbonyl (C=O) groups is 2. The first-order valence-electron chi connectivity index (χ1n) is 9.47. The summed E-state index contributed by atoms with van der Waals surface area (Å²) in [6.45, 7) is 4.75. The van der Waals surface area contributed by atoms with Gasteiger partial charge >= 0.3 is 0 Å². The molecule has 1 aliphatic rings. The summed E-state index contributed by atoms with van der Waals surface area (Å²) in [5.74, 6) is -0.618. The van der Waals surface area contributed by atoms with E-state index in [1.165, 1.54) is 36.3 Å². The average molecular weight is 501 g/mol. The largest absolute Gasteiger partial charge is 0.374 e. The highest BCUT2D eigenvalue weighted by atomic mass is 35.5. The Labute approximate surface area is 199 Å². The van der Waals surface area contributed by atoms with Gasteiger partial charge in [-0.15, -0.1) is 11.3 Å². The van der Waals surface area contributed by atoms with Crippen LogP contribution >= 0.6 is 46.5 Å². The van der Waals surface area contributed by atoms with E-state index >= 15 is 0 Å². The lowest BCUT2D eigenvalue weighted by Gasteiger charge is -2.35. The van der Waals surface area contributed by atoms with Crippen molar-refractivity contribution < 1.29 is 14.3 Å². The van der Waals surface area contributed by atoms with Crippen molar-refractivity contribution in [2.45, 2.75) is 23.9 Å². The van der Waals surface area contributed by atoms with Crippen LogP contribution in [0.5, 0.6) is 0 Å². The Bertz CT molecular complexity index is 970. The summed E-state index contributed by atoms with van der Waals surface area (Å²) >= 11 is 14.8. The second kappa shape index (κ2) is 11.3. The van der Waals surface area contributed by atoms with Gasteiger partial charge in [0.2, 0.25) is 11.8 Å². The zero-order chi connectivity index (χ0) is 22.4.